The van der Waals surface area contributed by atoms with Crippen molar-refractivity contribution in [2.45, 2.75) is 6.18 Å². The minimum absolute atomic E-state index is 0.247. The maximum Gasteiger partial charge on any atom is 0.416 e. The number of carbonyl (C=O) groups is 1. The molecule has 1 aromatic heterocycles. The van der Waals surface area contributed by atoms with Gasteiger partial charge < -0.3 is 9.47 Å². The normalized spacial score (nSPS) is 11.3. The van der Waals surface area contributed by atoms with Crippen LogP contribution in [0.5, 0.6) is 10.9 Å². The van der Waals surface area contributed by atoms with E-state index in [2.05, 4.69) is 25.7 Å². The molecule has 2 aromatic carbocycles. The molecule has 0 saturated carbocycles. The first-order valence-corrected chi connectivity index (χ1v) is 9.09. The number of rotatable bonds is 4. The smallest absolute Gasteiger partial charge is 0.416 e. The fourth-order valence-electron chi connectivity index (χ4n) is 2.20. The SMILES string of the molecule is COC(=O)c1ccc(-c2nc(Oc3ccc(C(F)(F)F)cc3)sc2Br)cc1. The highest BCUT2D eigenvalue weighted by Crippen LogP contribution is 2.39. The Bertz CT molecular complexity index is 953. The van der Waals surface area contributed by atoms with Gasteiger partial charge in [0, 0.05) is 5.56 Å². The molecule has 140 valence electrons. The Hall–Kier alpha value is -2.39. The lowest BCUT2D eigenvalue weighted by Crippen LogP contribution is -2.03. The van der Waals surface area contributed by atoms with Gasteiger partial charge in [-0.15, -0.1) is 0 Å². The number of benzene rings is 2. The second-order valence-electron chi connectivity index (χ2n) is 5.30. The molecular weight excluding hydrogens is 447 g/mol. The van der Waals surface area contributed by atoms with Crippen LogP contribution in [-0.4, -0.2) is 18.1 Å². The van der Waals surface area contributed by atoms with Crippen molar-refractivity contribution in [3.63, 3.8) is 0 Å². The summed E-state index contributed by atoms with van der Waals surface area (Å²) in [6.45, 7) is 0. The summed E-state index contributed by atoms with van der Waals surface area (Å²) in [5.74, 6) is -0.193. The molecule has 0 aliphatic heterocycles. The second kappa shape index (κ2) is 7.69. The van der Waals surface area contributed by atoms with Crippen LogP contribution in [0.2, 0.25) is 0 Å². The molecule has 0 radical (unpaired) electrons. The van der Waals surface area contributed by atoms with Crippen LogP contribution in [0.25, 0.3) is 11.3 Å². The fourth-order valence-corrected chi connectivity index (χ4v) is 3.62. The number of ether oxygens (including phenoxy) is 2. The number of aromatic nitrogens is 1. The number of methoxy groups -OCH3 is 1. The van der Waals surface area contributed by atoms with Crippen LogP contribution in [0.15, 0.2) is 52.3 Å². The van der Waals surface area contributed by atoms with Crippen LogP contribution >= 0.6 is 27.3 Å². The van der Waals surface area contributed by atoms with Gasteiger partial charge in [-0.25, -0.2) is 9.78 Å². The molecule has 0 bridgehead atoms. The van der Waals surface area contributed by atoms with Crippen molar-refractivity contribution in [2.24, 2.45) is 0 Å². The van der Waals surface area contributed by atoms with E-state index in [0.29, 0.717) is 15.0 Å². The van der Waals surface area contributed by atoms with Gasteiger partial charge in [-0.1, -0.05) is 23.5 Å². The van der Waals surface area contributed by atoms with Crippen molar-refractivity contribution in [2.75, 3.05) is 7.11 Å². The zero-order valence-corrected chi connectivity index (χ0v) is 16.1. The molecule has 0 amide bonds. The summed E-state index contributed by atoms with van der Waals surface area (Å²) < 4.78 is 48.7. The van der Waals surface area contributed by atoms with E-state index in [1.165, 1.54) is 30.6 Å². The van der Waals surface area contributed by atoms with E-state index in [4.69, 9.17) is 4.74 Å². The highest BCUT2D eigenvalue weighted by molar-refractivity contribution is 9.11. The molecule has 27 heavy (non-hydrogen) atoms. The molecule has 1 heterocycles. The third-order valence-electron chi connectivity index (χ3n) is 3.53. The molecule has 0 saturated heterocycles. The molecule has 0 fully saturated rings. The first-order chi connectivity index (χ1) is 12.8. The minimum atomic E-state index is -4.40. The van der Waals surface area contributed by atoms with Gasteiger partial charge in [-0.2, -0.15) is 13.2 Å². The minimum Gasteiger partial charge on any atom is -0.465 e. The summed E-state index contributed by atoms with van der Waals surface area (Å²) in [5.41, 5.74) is 1.00. The first-order valence-electron chi connectivity index (χ1n) is 7.48. The van der Waals surface area contributed by atoms with E-state index in [-0.39, 0.29) is 10.9 Å². The van der Waals surface area contributed by atoms with Crippen LogP contribution in [-0.2, 0) is 10.9 Å². The topological polar surface area (TPSA) is 48.4 Å². The third kappa shape index (κ3) is 4.48. The van der Waals surface area contributed by atoms with Crippen LogP contribution in [0, 0.1) is 0 Å². The number of nitrogens with zero attached hydrogens (tertiary/aromatic N) is 1. The number of alkyl halides is 3. The van der Waals surface area contributed by atoms with Gasteiger partial charge in [0.05, 0.1) is 23.9 Å². The van der Waals surface area contributed by atoms with Crippen LogP contribution < -0.4 is 4.74 Å². The van der Waals surface area contributed by atoms with E-state index >= 15 is 0 Å². The lowest BCUT2D eigenvalue weighted by atomic mass is 10.1. The summed E-state index contributed by atoms with van der Waals surface area (Å²) >= 11 is 4.60. The molecule has 0 aliphatic carbocycles. The zero-order chi connectivity index (χ0) is 19.6. The Morgan fingerprint density at radius 3 is 2.26 bits per heavy atom. The van der Waals surface area contributed by atoms with Gasteiger partial charge in [-0.05, 0) is 52.3 Å². The Morgan fingerprint density at radius 1 is 1.07 bits per heavy atom. The molecule has 0 N–H and O–H groups in total. The Balaban J connectivity index is 1.79. The highest BCUT2D eigenvalue weighted by Gasteiger charge is 2.30. The summed E-state index contributed by atoms with van der Waals surface area (Å²) in [6.07, 6.45) is -4.40. The monoisotopic (exact) mass is 457 g/mol. The Kier molecular flexibility index (Phi) is 5.52. The van der Waals surface area contributed by atoms with Crippen LogP contribution in [0.3, 0.4) is 0 Å². The number of hydrogen-bond donors (Lipinski definition) is 0. The van der Waals surface area contributed by atoms with Crippen molar-refractivity contribution in [3.8, 4) is 22.2 Å². The van der Waals surface area contributed by atoms with Gasteiger partial charge in [0.2, 0.25) is 0 Å². The summed E-state index contributed by atoms with van der Waals surface area (Å²) in [6, 6.07) is 11.0. The summed E-state index contributed by atoms with van der Waals surface area (Å²) in [5, 5.41) is 0.272. The predicted molar refractivity (Wildman–Crippen MR) is 98.1 cm³/mol. The molecule has 9 heteroatoms. The van der Waals surface area contributed by atoms with Gasteiger partial charge in [0.1, 0.15) is 9.54 Å². The van der Waals surface area contributed by atoms with E-state index < -0.39 is 17.7 Å². The maximum atomic E-state index is 12.6. The van der Waals surface area contributed by atoms with Gasteiger partial charge in [0.15, 0.2) is 0 Å². The highest BCUT2D eigenvalue weighted by atomic mass is 79.9. The lowest BCUT2D eigenvalue weighted by molar-refractivity contribution is -0.137. The van der Waals surface area contributed by atoms with E-state index in [0.717, 1.165) is 17.7 Å². The third-order valence-corrected chi connectivity index (χ3v) is 5.12. The number of hydrogen-bond acceptors (Lipinski definition) is 5. The van der Waals surface area contributed by atoms with Crippen molar-refractivity contribution in [1.82, 2.24) is 4.98 Å². The van der Waals surface area contributed by atoms with E-state index in [1.807, 2.05) is 0 Å². The number of thiazole rings is 1. The quantitative estimate of drug-likeness (QED) is 0.439. The molecular formula is C18H11BrF3NO3S. The fraction of sp³-hybridized carbons (Fsp3) is 0.111. The molecule has 0 aliphatic rings. The number of esters is 1. The molecule has 0 spiro atoms. The van der Waals surface area contributed by atoms with E-state index in [1.54, 1.807) is 24.3 Å². The number of halogens is 4. The van der Waals surface area contributed by atoms with Gasteiger partial charge in [-0.3, -0.25) is 0 Å². The molecule has 3 aromatic rings. The van der Waals surface area contributed by atoms with Crippen molar-refractivity contribution in [1.29, 1.82) is 0 Å². The molecule has 0 atom stereocenters. The average Bonchev–Trinajstić information content (AvgIpc) is 3.01. The van der Waals surface area contributed by atoms with Gasteiger partial charge in [0.25, 0.3) is 5.19 Å². The first kappa shape index (κ1) is 19.4. The summed E-state index contributed by atoms with van der Waals surface area (Å²) in [4.78, 5) is 15.8. The molecule has 3 rings (SSSR count). The Labute approximate surface area is 164 Å². The van der Waals surface area contributed by atoms with Crippen LogP contribution in [0.1, 0.15) is 15.9 Å². The maximum absolute atomic E-state index is 12.6. The average molecular weight is 458 g/mol. The van der Waals surface area contributed by atoms with Crippen molar-refractivity contribution >= 4 is 33.2 Å². The summed E-state index contributed by atoms with van der Waals surface area (Å²) in [7, 11) is 1.30. The number of carbonyl (C=O) groups excluding carboxylic acids is 1. The Morgan fingerprint density at radius 2 is 1.70 bits per heavy atom. The van der Waals surface area contributed by atoms with Gasteiger partial charge >= 0.3 is 12.1 Å². The molecule has 4 nitrogen and oxygen atoms in total. The zero-order valence-electron chi connectivity index (χ0n) is 13.7. The van der Waals surface area contributed by atoms with Crippen LogP contribution in [0.4, 0.5) is 13.2 Å². The van der Waals surface area contributed by atoms with E-state index in [9.17, 15) is 18.0 Å². The molecule has 0 unspecified atom stereocenters. The predicted octanol–water partition coefficient (Wildman–Crippen LogP) is 6.17. The van der Waals surface area contributed by atoms with Crippen molar-refractivity contribution < 1.29 is 27.4 Å². The second-order valence-corrected chi connectivity index (χ2v) is 7.57. The standard InChI is InChI=1S/C18H11BrF3NO3S/c1-25-16(24)11-4-2-10(3-5-11)14-15(19)27-17(23-14)26-13-8-6-12(7-9-13)18(20,21)22/h2-9H,1H3. The lowest BCUT2D eigenvalue weighted by Gasteiger charge is -2.07. The largest absolute Gasteiger partial charge is 0.465 e. The van der Waals surface area contributed by atoms with Crippen molar-refractivity contribution in [3.05, 3.63) is 63.4 Å².